The number of hydrogen-bond acceptors (Lipinski definition) is 4. The molecule has 0 aromatic heterocycles. The molecule has 6 nitrogen and oxygen atoms in total. The number of anilines is 1. The van der Waals surface area contributed by atoms with E-state index in [1.54, 1.807) is 31.2 Å². The highest BCUT2D eigenvalue weighted by Crippen LogP contribution is 2.27. The monoisotopic (exact) mass is 404 g/mol. The number of sulfonamides is 1. The highest BCUT2D eigenvalue weighted by Gasteiger charge is 2.32. The maximum Gasteiger partial charge on any atom is 0.244 e. The van der Waals surface area contributed by atoms with Crippen LogP contribution in [0.2, 0.25) is 0 Å². The fourth-order valence-corrected chi connectivity index (χ4v) is 4.26. The summed E-state index contributed by atoms with van der Waals surface area (Å²) in [5.74, 6) is 0.179. The Kier molecular flexibility index (Phi) is 7.07. The van der Waals surface area contributed by atoms with Crippen LogP contribution < -0.4 is 14.4 Å². The molecule has 0 bridgehead atoms. The molecule has 0 unspecified atom stereocenters. The zero-order valence-corrected chi connectivity index (χ0v) is 17.8. The van der Waals surface area contributed by atoms with Gasteiger partial charge >= 0.3 is 0 Å². The lowest BCUT2D eigenvalue weighted by Crippen LogP contribution is -2.49. The molecule has 2 rings (SSSR count). The van der Waals surface area contributed by atoms with Gasteiger partial charge in [-0.15, -0.1) is 0 Å². The van der Waals surface area contributed by atoms with Crippen molar-refractivity contribution in [1.82, 2.24) is 5.32 Å². The van der Waals surface area contributed by atoms with Crippen LogP contribution in [0.4, 0.5) is 5.69 Å². The standard InChI is InChI=1S/C21H28N2O4S/c1-6-20(21(24)22-16(3)17-12-10-15(2)11-13-17)23(28(5,25)26)18-8-7-9-19(14-18)27-4/h7-14,16,20H,6H2,1-5H3,(H,22,24)/t16-,20+/m1/s1. The average molecular weight is 405 g/mol. The Morgan fingerprint density at radius 1 is 1.18 bits per heavy atom. The van der Waals surface area contributed by atoms with Crippen LogP contribution in [0.1, 0.15) is 37.4 Å². The Morgan fingerprint density at radius 3 is 2.36 bits per heavy atom. The summed E-state index contributed by atoms with van der Waals surface area (Å²) in [6.45, 7) is 5.67. The van der Waals surface area contributed by atoms with Gasteiger partial charge in [0.15, 0.2) is 0 Å². The Hall–Kier alpha value is -2.54. The lowest BCUT2D eigenvalue weighted by molar-refractivity contribution is -0.122. The molecule has 1 amide bonds. The number of ether oxygens (including phenoxy) is 1. The molecule has 2 atom stereocenters. The topological polar surface area (TPSA) is 75.7 Å². The third-order valence-electron chi connectivity index (χ3n) is 4.57. The summed E-state index contributed by atoms with van der Waals surface area (Å²) in [7, 11) is -2.18. The molecule has 28 heavy (non-hydrogen) atoms. The van der Waals surface area contributed by atoms with Crippen LogP contribution in [-0.2, 0) is 14.8 Å². The highest BCUT2D eigenvalue weighted by molar-refractivity contribution is 7.92. The Morgan fingerprint density at radius 2 is 1.82 bits per heavy atom. The van der Waals surface area contributed by atoms with Gasteiger partial charge in [-0.3, -0.25) is 9.10 Å². The van der Waals surface area contributed by atoms with Crippen LogP contribution in [0.3, 0.4) is 0 Å². The molecule has 152 valence electrons. The minimum atomic E-state index is -3.69. The minimum absolute atomic E-state index is 0.242. The molecule has 0 spiro atoms. The number of methoxy groups -OCH3 is 1. The van der Waals surface area contributed by atoms with Crippen molar-refractivity contribution in [3.63, 3.8) is 0 Å². The second kappa shape index (κ2) is 9.10. The van der Waals surface area contributed by atoms with Gasteiger partial charge in [-0.25, -0.2) is 8.42 Å². The van der Waals surface area contributed by atoms with Gasteiger partial charge in [0.25, 0.3) is 0 Å². The summed E-state index contributed by atoms with van der Waals surface area (Å²) < 4.78 is 31.4. The van der Waals surface area contributed by atoms with Crippen molar-refractivity contribution in [2.24, 2.45) is 0 Å². The molecule has 0 aliphatic heterocycles. The molecule has 0 aliphatic carbocycles. The molecule has 2 aromatic rings. The van der Waals surface area contributed by atoms with E-state index in [1.807, 2.05) is 38.1 Å². The molecule has 0 saturated heterocycles. The first-order valence-corrected chi connectivity index (χ1v) is 11.0. The fraction of sp³-hybridized carbons (Fsp3) is 0.381. The number of carbonyl (C=O) groups is 1. The number of benzene rings is 2. The van der Waals surface area contributed by atoms with E-state index in [4.69, 9.17) is 4.74 Å². The number of nitrogens with one attached hydrogen (secondary N) is 1. The number of amides is 1. The molecule has 2 aromatic carbocycles. The van der Waals surface area contributed by atoms with Crippen molar-refractivity contribution in [3.8, 4) is 5.75 Å². The van der Waals surface area contributed by atoms with Crippen LogP contribution in [-0.4, -0.2) is 33.7 Å². The quantitative estimate of drug-likeness (QED) is 0.731. The summed E-state index contributed by atoms with van der Waals surface area (Å²) in [6.07, 6.45) is 1.43. The van der Waals surface area contributed by atoms with Gasteiger partial charge in [-0.2, -0.15) is 0 Å². The summed E-state index contributed by atoms with van der Waals surface area (Å²) in [5, 5.41) is 2.94. The zero-order valence-electron chi connectivity index (χ0n) is 17.0. The van der Waals surface area contributed by atoms with E-state index in [1.165, 1.54) is 7.11 Å². The maximum absolute atomic E-state index is 13.0. The average Bonchev–Trinajstić information content (AvgIpc) is 2.65. The summed E-state index contributed by atoms with van der Waals surface area (Å²) in [5.41, 5.74) is 2.49. The van der Waals surface area contributed by atoms with Crippen LogP contribution >= 0.6 is 0 Å². The maximum atomic E-state index is 13.0. The van der Waals surface area contributed by atoms with Gasteiger partial charge in [-0.1, -0.05) is 42.8 Å². The third-order valence-corrected chi connectivity index (χ3v) is 5.75. The normalized spacial score (nSPS) is 13.5. The molecule has 0 aliphatic rings. The smallest absolute Gasteiger partial charge is 0.244 e. The fourth-order valence-electron chi connectivity index (χ4n) is 3.06. The summed E-state index contributed by atoms with van der Waals surface area (Å²) in [4.78, 5) is 13.0. The van der Waals surface area contributed by atoms with Crippen molar-refractivity contribution in [1.29, 1.82) is 0 Å². The van der Waals surface area contributed by atoms with E-state index >= 15 is 0 Å². The number of rotatable bonds is 8. The Bertz CT molecular complexity index is 910. The van der Waals surface area contributed by atoms with E-state index in [0.29, 0.717) is 17.9 Å². The van der Waals surface area contributed by atoms with Crippen molar-refractivity contribution in [3.05, 3.63) is 59.7 Å². The number of carbonyl (C=O) groups excluding carboxylic acids is 1. The second-order valence-corrected chi connectivity index (χ2v) is 8.68. The van der Waals surface area contributed by atoms with E-state index in [-0.39, 0.29) is 11.9 Å². The first kappa shape index (κ1) is 21.8. The van der Waals surface area contributed by atoms with Crippen molar-refractivity contribution < 1.29 is 17.9 Å². The van der Waals surface area contributed by atoms with Gasteiger partial charge in [0.2, 0.25) is 15.9 Å². The minimum Gasteiger partial charge on any atom is -0.497 e. The van der Waals surface area contributed by atoms with Crippen molar-refractivity contribution in [2.45, 2.75) is 39.3 Å². The lowest BCUT2D eigenvalue weighted by Gasteiger charge is -2.31. The van der Waals surface area contributed by atoms with Crippen molar-refractivity contribution in [2.75, 3.05) is 17.7 Å². The van der Waals surface area contributed by atoms with Gasteiger partial charge in [-0.05, 0) is 38.0 Å². The van der Waals surface area contributed by atoms with Gasteiger partial charge < -0.3 is 10.1 Å². The highest BCUT2D eigenvalue weighted by atomic mass is 32.2. The third kappa shape index (κ3) is 5.25. The predicted molar refractivity (Wildman–Crippen MR) is 112 cm³/mol. The summed E-state index contributed by atoms with van der Waals surface area (Å²) in [6, 6.07) is 13.5. The largest absolute Gasteiger partial charge is 0.497 e. The molecule has 1 N–H and O–H groups in total. The van der Waals surface area contributed by atoms with Crippen LogP contribution in [0, 0.1) is 6.92 Å². The SMILES string of the molecule is CC[C@@H](C(=O)N[C@H](C)c1ccc(C)cc1)N(c1cccc(OC)c1)S(C)(=O)=O. The molecule has 0 saturated carbocycles. The van der Waals surface area contributed by atoms with E-state index in [0.717, 1.165) is 21.7 Å². The summed E-state index contributed by atoms with van der Waals surface area (Å²) >= 11 is 0. The lowest BCUT2D eigenvalue weighted by atomic mass is 10.1. The first-order chi connectivity index (χ1) is 13.2. The van der Waals surface area contributed by atoms with E-state index in [9.17, 15) is 13.2 Å². The molecule has 0 fully saturated rings. The van der Waals surface area contributed by atoms with Gasteiger partial charge in [0.05, 0.1) is 25.1 Å². The molecular formula is C21H28N2O4S. The van der Waals surface area contributed by atoms with E-state index in [2.05, 4.69) is 5.32 Å². The number of nitrogens with zero attached hydrogens (tertiary/aromatic N) is 1. The Labute approximate surface area is 167 Å². The zero-order chi connectivity index (χ0) is 20.9. The first-order valence-electron chi connectivity index (χ1n) is 9.17. The van der Waals surface area contributed by atoms with Gasteiger partial charge in [0.1, 0.15) is 11.8 Å². The van der Waals surface area contributed by atoms with Crippen LogP contribution in [0.5, 0.6) is 5.75 Å². The van der Waals surface area contributed by atoms with Gasteiger partial charge in [0, 0.05) is 6.07 Å². The van der Waals surface area contributed by atoms with Crippen LogP contribution in [0.25, 0.3) is 0 Å². The van der Waals surface area contributed by atoms with Crippen molar-refractivity contribution >= 4 is 21.6 Å². The predicted octanol–water partition coefficient (Wildman–Crippen LogP) is 3.43. The molecule has 7 heteroatoms. The van der Waals surface area contributed by atoms with E-state index < -0.39 is 16.1 Å². The molecular weight excluding hydrogens is 376 g/mol. The molecule has 0 radical (unpaired) electrons. The van der Waals surface area contributed by atoms with Crippen LogP contribution in [0.15, 0.2) is 48.5 Å². The number of hydrogen-bond donors (Lipinski definition) is 1. The number of aryl methyl sites for hydroxylation is 1. The Balaban J connectivity index is 2.32. The second-order valence-electron chi connectivity index (χ2n) is 6.83. The molecule has 0 heterocycles.